The van der Waals surface area contributed by atoms with Crippen molar-refractivity contribution in [1.29, 1.82) is 0 Å². The zero-order valence-corrected chi connectivity index (χ0v) is 9.09. The fraction of sp³-hybridized carbons (Fsp3) is 0. The first kappa shape index (κ1) is 10.6. The molecule has 0 saturated heterocycles. The third-order valence-corrected chi connectivity index (χ3v) is 2.43. The number of hydrogen-bond donors (Lipinski definition) is 0. The van der Waals surface area contributed by atoms with E-state index in [9.17, 15) is 0 Å². The summed E-state index contributed by atoms with van der Waals surface area (Å²) < 4.78 is 0. The summed E-state index contributed by atoms with van der Waals surface area (Å²) in [7, 11) is 0. The molecule has 0 aliphatic carbocycles. The molecule has 0 amide bonds. The van der Waals surface area contributed by atoms with Crippen LogP contribution in [0.5, 0.6) is 0 Å². The predicted molar refractivity (Wildman–Crippen MR) is 65.7 cm³/mol. The van der Waals surface area contributed by atoms with Crippen LogP contribution in [-0.4, -0.2) is 0 Å². The highest BCUT2D eigenvalue weighted by molar-refractivity contribution is 6.30. The van der Waals surface area contributed by atoms with Crippen molar-refractivity contribution in [3.05, 3.63) is 64.0 Å². The van der Waals surface area contributed by atoms with E-state index in [0.29, 0.717) is 10.7 Å². The van der Waals surface area contributed by atoms with Crippen LogP contribution in [0.2, 0.25) is 5.02 Å². The summed E-state index contributed by atoms with van der Waals surface area (Å²) in [5, 5.41) is 4.31. The molecule has 2 aromatic rings. The van der Waals surface area contributed by atoms with Crippen LogP contribution in [0.3, 0.4) is 0 Å². The quantitative estimate of drug-likeness (QED) is 0.398. The molecule has 0 bridgehead atoms. The normalized spacial score (nSPS) is 9.56. The number of azide groups is 1. The SMILES string of the molecule is [N-]=[N+]=Nc1ccccc1-c1cccc(Cl)c1. The molecular formula is C12H8ClN3. The molecule has 0 atom stereocenters. The first-order chi connectivity index (χ1) is 7.81. The van der Waals surface area contributed by atoms with Gasteiger partial charge in [0.05, 0.1) is 0 Å². The van der Waals surface area contributed by atoms with Crippen molar-refractivity contribution in [1.82, 2.24) is 0 Å². The summed E-state index contributed by atoms with van der Waals surface area (Å²) in [4.78, 5) is 2.81. The fourth-order valence-corrected chi connectivity index (χ4v) is 1.70. The maximum atomic E-state index is 8.48. The minimum absolute atomic E-state index is 0.604. The molecule has 0 saturated carbocycles. The van der Waals surface area contributed by atoms with Crippen LogP contribution >= 0.6 is 11.6 Å². The van der Waals surface area contributed by atoms with Gasteiger partial charge in [0, 0.05) is 15.6 Å². The van der Waals surface area contributed by atoms with Gasteiger partial charge in [0.2, 0.25) is 0 Å². The molecule has 16 heavy (non-hydrogen) atoms. The van der Waals surface area contributed by atoms with Gasteiger partial charge in [0.15, 0.2) is 0 Å². The van der Waals surface area contributed by atoms with Gasteiger partial charge in [-0.3, -0.25) is 0 Å². The molecule has 0 aliphatic rings. The maximum absolute atomic E-state index is 8.48. The van der Waals surface area contributed by atoms with E-state index in [0.717, 1.165) is 11.1 Å². The van der Waals surface area contributed by atoms with E-state index in [2.05, 4.69) is 10.0 Å². The Morgan fingerprint density at radius 2 is 1.88 bits per heavy atom. The van der Waals surface area contributed by atoms with E-state index in [-0.39, 0.29) is 0 Å². The van der Waals surface area contributed by atoms with Gasteiger partial charge in [0.1, 0.15) is 0 Å². The molecular weight excluding hydrogens is 222 g/mol. The Kier molecular flexibility index (Phi) is 3.10. The van der Waals surface area contributed by atoms with Gasteiger partial charge in [-0.15, -0.1) is 0 Å². The van der Waals surface area contributed by atoms with E-state index < -0.39 is 0 Å². The van der Waals surface area contributed by atoms with Gasteiger partial charge in [0.25, 0.3) is 0 Å². The van der Waals surface area contributed by atoms with Gasteiger partial charge in [-0.05, 0) is 28.8 Å². The van der Waals surface area contributed by atoms with Crippen molar-refractivity contribution in [2.24, 2.45) is 5.11 Å². The molecule has 0 unspecified atom stereocenters. The lowest BCUT2D eigenvalue weighted by Gasteiger charge is -2.05. The molecule has 2 rings (SSSR count). The smallest absolute Gasteiger partial charge is 0.0453 e. The average molecular weight is 230 g/mol. The van der Waals surface area contributed by atoms with E-state index in [1.165, 1.54) is 0 Å². The highest BCUT2D eigenvalue weighted by Crippen LogP contribution is 2.31. The van der Waals surface area contributed by atoms with E-state index in [1.54, 1.807) is 12.1 Å². The average Bonchev–Trinajstić information content (AvgIpc) is 2.30. The lowest BCUT2D eigenvalue weighted by Crippen LogP contribution is -1.77. The minimum atomic E-state index is 0.604. The fourth-order valence-electron chi connectivity index (χ4n) is 1.51. The number of rotatable bonds is 2. The molecule has 0 spiro atoms. The Morgan fingerprint density at radius 3 is 2.62 bits per heavy atom. The largest absolute Gasteiger partial charge is 0.0843 e. The summed E-state index contributed by atoms with van der Waals surface area (Å²) in [6, 6.07) is 14.8. The monoisotopic (exact) mass is 229 g/mol. The molecule has 78 valence electrons. The Balaban J connectivity index is 2.59. The van der Waals surface area contributed by atoms with E-state index in [1.807, 2.05) is 36.4 Å². The van der Waals surface area contributed by atoms with Crippen LogP contribution in [0.15, 0.2) is 53.6 Å². The van der Waals surface area contributed by atoms with Crippen molar-refractivity contribution in [2.75, 3.05) is 0 Å². The van der Waals surface area contributed by atoms with Crippen molar-refractivity contribution >= 4 is 17.3 Å². The first-order valence-corrected chi connectivity index (χ1v) is 5.09. The zero-order chi connectivity index (χ0) is 11.4. The van der Waals surface area contributed by atoms with Crippen LogP contribution in [0.1, 0.15) is 0 Å². The number of halogens is 1. The highest BCUT2D eigenvalue weighted by atomic mass is 35.5. The van der Waals surface area contributed by atoms with Crippen LogP contribution < -0.4 is 0 Å². The van der Waals surface area contributed by atoms with Gasteiger partial charge in [-0.2, -0.15) is 0 Å². The summed E-state index contributed by atoms with van der Waals surface area (Å²) in [6.07, 6.45) is 0. The summed E-state index contributed by atoms with van der Waals surface area (Å²) in [5.74, 6) is 0. The Morgan fingerprint density at radius 1 is 1.06 bits per heavy atom. The Labute approximate surface area is 97.9 Å². The molecule has 0 N–H and O–H groups in total. The predicted octanol–water partition coefficient (Wildman–Crippen LogP) is 4.95. The second kappa shape index (κ2) is 4.71. The first-order valence-electron chi connectivity index (χ1n) is 4.71. The van der Waals surface area contributed by atoms with Crippen molar-refractivity contribution in [2.45, 2.75) is 0 Å². The van der Waals surface area contributed by atoms with E-state index >= 15 is 0 Å². The van der Waals surface area contributed by atoms with Crippen molar-refractivity contribution in [3.63, 3.8) is 0 Å². The standard InChI is InChI=1S/C12H8ClN3/c13-10-5-3-4-9(8-10)11-6-1-2-7-12(11)15-16-14/h1-8H. The van der Waals surface area contributed by atoms with Crippen molar-refractivity contribution < 1.29 is 0 Å². The minimum Gasteiger partial charge on any atom is -0.0843 e. The van der Waals surface area contributed by atoms with Crippen LogP contribution in [0, 0.1) is 0 Å². The lowest BCUT2D eigenvalue weighted by molar-refractivity contribution is 1.47. The molecule has 0 fully saturated rings. The summed E-state index contributed by atoms with van der Waals surface area (Å²) in [5.41, 5.74) is 10.9. The van der Waals surface area contributed by atoms with Crippen molar-refractivity contribution in [3.8, 4) is 11.1 Å². The molecule has 2 aromatic carbocycles. The van der Waals surface area contributed by atoms with Gasteiger partial charge in [-0.1, -0.05) is 53.1 Å². The second-order valence-electron chi connectivity index (χ2n) is 3.22. The highest BCUT2D eigenvalue weighted by Gasteiger charge is 2.02. The summed E-state index contributed by atoms with van der Waals surface area (Å²) >= 11 is 5.92. The number of nitrogens with zero attached hydrogens (tertiary/aromatic N) is 3. The zero-order valence-electron chi connectivity index (χ0n) is 8.34. The van der Waals surface area contributed by atoms with Crippen LogP contribution in [0.25, 0.3) is 21.6 Å². The third-order valence-electron chi connectivity index (χ3n) is 2.19. The topological polar surface area (TPSA) is 48.8 Å². The molecule has 0 radical (unpaired) electrons. The molecule has 4 heteroatoms. The number of benzene rings is 2. The molecule has 0 aliphatic heterocycles. The van der Waals surface area contributed by atoms with Gasteiger partial charge in [-0.25, -0.2) is 0 Å². The Hall–Kier alpha value is -1.96. The molecule has 3 nitrogen and oxygen atoms in total. The van der Waals surface area contributed by atoms with Crippen LogP contribution in [0.4, 0.5) is 5.69 Å². The van der Waals surface area contributed by atoms with Gasteiger partial charge < -0.3 is 0 Å². The van der Waals surface area contributed by atoms with Crippen LogP contribution in [-0.2, 0) is 0 Å². The van der Waals surface area contributed by atoms with Gasteiger partial charge >= 0.3 is 0 Å². The van der Waals surface area contributed by atoms with E-state index in [4.69, 9.17) is 17.1 Å². The lowest BCUT2D eigenvalue weighted by atomic mass is 10.0. The third kappa shape index (κ3) is 2.16. The Bertz CT molecular complexity index is 560. The summed E-state index contributed by atoms with van der Waals surface area (Å²) in [6.45, 7) is 0. The maximum Gasteiger partial charge on any atom is 0.0453 e. The number of hydrogen-bond acceptors (Lipinski definition) is 1. The molecule has 0 heterocycles. The molecule has 0 aromatic heterocycles. The second-order valence-corrected chi connectivity index (χ2v) is 3.65.